The van der Waals surface area contributed by atoms with Gasteiger partial charge in [0.25, 0.3) is 5.91 Å². The van der Waals surface area contributed by atoms with E-state index in [1.165, 1.54) is 0 Å². The van der Waals surface area contributed by atoms with E-state index in [0.717, 1.165) is 30.4 Å². The van der Waals surface area contributed by atoms with Gasteiger partial charge in [-0.1, -0.05) is 30.2 Å². The molecule has 1 amide bonds. The van der Waals surface area contributed by atoms with Crippen molar-refractivity contribution < 1.29 is 14.3 Å². The molecule has 0 atom stereocenters. The molecule has 1 heterocycles. The van der Waals surface area contributed by atoms with Crippen molar-refractivity contribution in [3.05, 3.63) is 46.7 Å². The zero-order chi connectivity index (χ0) is 17.3. The fourth-order valence-corrected chi connectivity index (χ4v) is 2.85. The molecule has 1 aliphatic rings. The monoisotopic (exact) mass is 344 g/mol. The first-order valence-corrected chi connectivity index (χ1v) is 8.12. The molecule has 24 heavy (non-hydrogen) atoms. The average molecular weight is 345 g/mol. The van der Waals surface area contributed by atoms with E-state index in [2.05, 4.69) is 4.98 Å². The van der Waals surface area contributed by atoms with E-state index in [1.807, 2.05) is 12.1 Å². The number of primary amides is 1. The third-order valence-electron chi connectivity index (χ3n) is 4.29. The number of hydrogen-bond acceptors (Lipinski definition) is 4. The van der Waals surface area contributed by atoms with Gasteiger partial charge in [0.1, 0.15) is 0 Å². The van der Waals surface area contributed by atoms with Crippen LogP contribution in [0.5, 0.6) is 5.75 Å². The number of nitrogens with two attached hydrogens (primary N) is 1. The van der Waals surface area contributed by atoms with E-state index in [0.29, 0.717) is 10.6 Å². The van der Waals surface area contributed by atoms with Gasteiger partial charge in [0, 0.05) is 22.3 Å². The summed E-state index contributed by atoms with van der Waals surface area (Å²) in [5.74, 6) is -1.04. The van der Waals surface area contributed by atoms with Crippen molar-refractivity contribution in [1.29, 1.82) is 0 Å². The molecular weight excluding hydrogens is 328 g/mol. The summed E-state index contributed by atoms with van der Waals surface area (Å²) in [4.78, 5) is 28.0. The molecule has 1 aliphatic carbocycles. The van der Waals surface area contributed by atoms with E-state index in [4.69, 9.17) is 22.1 Å². The van der Waals surface area contributed by atoms with E-state index in [1.54, 1.807) is 25.3 Å². The molecule has 1 aromatic carbocycles. The minimum Gasteiger partial charge on any atom is -0.423 e. The number of benzene rings is 1. The lowest BCUT2D eigenvalue weighted by atomic mass is 9.86. The van der Waals surface area contributed by atoms with Gasteiger partial charge in [-0.2, -0.15) is 0 Å². The topological polar surface area (TPSA) is 82.3 Å². The lowest BCUT2D eigenvalue weighted by molar-refractivity contribution is -0.141. The number of esters is 1. The highest BCUT2D eigenvalue weighted by atomic mass is 35.5. The number of ether oxygens (including phenoxy) is 1. The summed E-state index contributed by atoms with van der Waals surface area (Å²) >= 11 is 6.04. The molecule has 124 valence electrons. The molecule has 2 N–H and O–H groups in total. The summed E-state index contributed by atoms with van der Waals surface area (Å²) in [7, 11) is 0. The van der Waals surface area contributed by atoms with Crippen LogP contribution in [0.1, 0.15) is 35.3 Å². The number of carbonyl (C=O) groups excluding carboxylic acids is 2. The second-order valence-corrected chi connectivity index (χ2v) is 6.33. The Morgan fingerprint density at radius 1 is 1.33 bits per heavy atom. The molecule has 1 saturated carbocycles. The quantitative estimate of drug-likeness (QED) is 0.860. The third kappa shape index (κ3) is 3.12. The maximum atomic E-state index is 12.2. The van der Waals surface area contributed by atoms with Crippen LogP contribution in [0.3, 0.4) is 0 Å². The number of aromatic nitrogens is 1. The number of carbonyl (C=O) groups is 2. The smallest absolute Gasteiger partial charge is 0.314 e. The van der Waals surface area contributed by atoms with Crippen LogP contribution in [0.2, 0.25) is 5.02 Å². The first-order valence-electron chi connectivity index (χ1n) is 7.74. The van der Waals surface area contributed by atoms with Gasteiger partial charge in [0.15, 0.2) is 11.4 Å². The Hall–Kier alpha value is -2.40. The van der Waals surface area contributed by atoms with Crippen LogP contribution in [-0.2, 0) is 4.79 Å². The summed E-state index contributed by atoms with van der Waals surface area (Å²) < 4.78 is 5.50. The van der Waals surface area contributed by atoms with Crippen LogP contribution in [0.25, 0.3) is 11.1 Å². The van der Waals surface area contributed by atoms with Crippen molar-refractivity contribution >= 4 is 23.5 Å². The number of hydrogen-bond donors (Lipinski definition) is 1. The summed E-state index contributed by atoms with van der Waals surface area (Å²) in [6.45, 7) is 1.77. The zero-order valence-corrected chi connectivity index (χ0v) is 14.0. The molecular formula is C18H17ClN2O3. The Morgan fingerprint density at radius 2 is 2.08 bits per heavy atom. The molecule has 1 fully saturated rings. The summed E-state index contributed by atoms with van der Waals surface area (Å²) in [5.41, 5.74) is 7.54. The second kappa shape index (κ2) is 6.61. The SMILES string of the molecule is Cc1c(-c2cccc(Cl)c2)cnc(C(N)=O)c1OC(=O)C1CCC1. The fraction of sp³-hybridized carbons (Fsp3) is 0.278. The van der Waals surface area contributed by atoms with E-state index >= 15 is 0 Å². The minimum absolute atomic E-state index is 0.0362. The molecule has 0 spiro atoms. The van der Waals surface area contributed by atoms with Crippen LogP contribution in [0.15, 0.2) is 30.5 Å². The van der Waals surface area contributed by atoms with Crippen molar-refractivity contribution in [3.8, 4) is 16.9 Å². The zero-order valence-electron chi connectivity index (χ0n) is 13.2. The molecule has 3 rings (SSSR count). The van der Waals surface area contributed by atoms with Gasteiger partial charge in [-0.15, -0.1) is 0 Å². The molecule has 2 aromatic rings. The molecule has 0 bridgehead atoms. The highest BCUT2D eigenvalue weighted by Crippen LogP contribution is 2.35. The van der Waals surface area contributed by atoms with Gasteiger partial charge in [0.2, 0.25) is 0 Å². The van der Waals surface area contributed by atoms with Gasteiger partial charge in [-0.25, -0.2) is 4.98 Å². The lowest BCUT2D eigenvalue weighted by Gasteiger charge is -2.24. The Morgan fingerprint density at radius 3 is 2.67 bits per heavy atom. The van der Waals surface area contributed by atoms with E-state index in [9.17, 15) is 9.59 Å². The van der Waals surface area contributed by atoms with Crippen LogP contribution in [0.4, 0.5) is 0 Å². The van der Waals surface area contributed by atoms with Crippen LogP contribution in [-0.4, -0.2) is 16.9 Å². The van der Waals surface area contributed by atoms with Crippen LogP contribution in [0, 0.1) is 12.8 Å². The number of nitrogens with zero attached hydrogens (tertiary/aromatic N) is 1. The van der Waals surface area contributed by atoms with Crippen molar-refractivity contribution in [2.45, 2.75) is 26.2 Å². The van der Waals surface area contributed by atoms with Crippen LogP contribution < -0.4 is 10.5 Å². The summed E-state index contributed by atoms with van der Waals surface area (Å²) in [6, 6.07) is 7.24. The standard InChI is InChI=1S/C18H17ClN2O3/c1-10-14(12-6-3-7-13(19)8-12)9-21-15(17(20)22)16(10)24-18(23)11-4-2-5-11/h3,6-9,11H,2,4-5H2,1H3,(H2,20,22). The molecule has 1 aromatic heterocycles. The third-order valence-corrected chi connectivity index (χ3v) is 4.53. The lowest BCUT2D eigenvalue weighted by Crippen LogP contribution is -2.28. The fourth-order valence-electron chi connectivity index (χ4n) is 2.66. The highest BCUT2D eigenvalue weighted by Gasteiger charge is 2.29. The van der Waals surface area contributed by atoms with Gasteiger partial charge in [-0.3, -0.25) is 9.59 Å². The molecule has 0 aliphatic heterocycles. The number of halogens is 1. The van der Waals surface area contributed by atoms with Gasteiger partial charge >= 0.3 is 5.97 Å². The number of pyridine rings is 1. The predicted octanol–water partition coefficient (Wildman–Crippen LogP) is 3.51. The Kier molecular flexibility index (Phi) is 4.53. The van der Waals surface area contributed by atoms with Crippen molar-refractivity contribution in [2.24, 2.45) is 11.7 Å². The summed E-state index contributed by atoms with van der Waals surface area (Å²) in [5, 5.41) is 0.582. The van der Waals surface area contributed by atoms with Gasteiger partial charge < -0.3 is 10.5 Å². The predicted molar refractivity (Wildman–Crippen MR) is 90.9 cm³/mol. The minimum atomic E-state index is -0.729. The van der Waals surface area contributed by atoms with Crippen molar-refractivity contribution in [1.82, 2.24) is 4.98 Å². The largest absolute Gasteiger partial charge is 0.423 e. The average Bonchev–Trinajstić information content (AvgIpc) is 2.47. The summed E-state index contributed by atoms with van der Waals surface area (Å²) in [6.07, 6.45) is 4.18. The maximum absolute atomic E-state index is 12.2. The molecule has 0 radical (unpaired) electrons. The van der Waals surface area contributed by atoms with Crippen molar-refractivity contribution in [2.75, 3.05) is 0 Å². The highest BCUT2D eigenvalue weighted by molar-refractivity contribution is 6.30. The van der Waals surface area contributed by atoms with Gasteiger partial charge in [-0.05, 0) is 37.5 Å². The number of rotatable bonds is 4. The van der Waals surface area contributed by atoms with E-state index in [-0.39, 0.29) is 23.3 Å². The molecule has 0 saturated heterocycles. The maximum Gasteiger partial charge on any atom is 0.314 e. The first-order chi connectivity index (χ1) is 11.5. The van der Waals surface area contributed by atoms with Gasteiger partial charge in [0.05, 0.1) is 5.92 Å². The Labute approximate surface area is 144 Å². The first kappa shape index (κ1) is 16.5. The molecule has 5 nitrogen and oxygen atoms in total. The molecule has 6 heteroatoms. The van der Waals surface area contributed by atoms with Crippen LogP contribution >= 0.6 is 11.6 Å². The number of amides is 1. The Balaban J connectivity index is 2.05. The second-order valence-electron chi connectivity index (χ2n) is 5.90. The Bertz CT molecular complexity index is 816. The van der Waals surface area contributed by atoms with E-state index < -0.39 is 5.91 Å². The normalized spacial score (nSPS) is 14.1. The van der Waals surface area contributed by atoms with Crippen molar-refractivity contribution in [3.63, 3.8) is 0 Å². The molecule has 0 unspecified atom stereocenters.